The number of aromatic amines is 1. The molecule has 2 aromatic heterocycles. The molecule has 0 radical (unpaired) electrons. The quantitative estimate of drug-likeness (QED) is 0.386. The summed E-state index contributed by atoms with van der Waals surface area (Å²) in [7, 11) is 0. The smallest absolute Gasteiger partial charge is 0.252 e. The zero-order valence-corrected chi connectivity index (χ0v) is 17.0. The Kier molecular flexibility index (Phi) is 5.94. The van der Waals surface area contributed by atoms with E-state index in [4.69, 9.17) is 5.73 Å². The van der Waals surface area contributed by atoms with Gasteiger partial charge in [0.25, 0.3) is 5.91 Å². The van der Waals surface area contributed by atoms with Crippen LogP contribution >= 0.6 is 11.8 Å². The van der Waals surface area contributed by atoms with Crippen molar-refractivity contribution in [2.24, 2.45) is 5.73 Å². The molecule has 0 unspecified atom stereocenters. The summed E-state index contributed by atoms with van der Waals surface area (Å²) in [5.41, 5.74) is 8.11. The van der Waals surface area contributed by atoms with Gasteiger partial charge in [0, 0.05) is 34.2 Å². The average molecular weight is 435 g/mol. The first kappa shape index (κ1) is 20.5. The van der Waals surface area contributed by atoms with Gasteiger partial charge in [-0.1, -0.05) is 0 Å². The molecular weight excluding hydrogens is 417 g/mol. The number of carbonyl (C=O) groups excluding carboxylic acids is 2. The molecule has 2 aromatic carbocycles. The zero-order valence-electron chi connectivity index (χ0n) is 16.2. The number of rotatable bonds is 7. The third-order valence-corrected chi connectivity index (χ3v) is 5.68. The van der Waals surface area contributed by atoms with Crippen LogP contribution < -0.4 is 11.1 Å². The van der Waals surface area contributed by atoms with Crippen LogP contribution in [0.5, 0.6) is 0 Å². The van der Waals surface area contributed by atoms with Crippen LogP contribution in [0, 0.1) is 5.82 Å². The lowest BCUT2D eigenvalue weighted by atomic mass is 10.1. The highest BCUT2D eigenvalue weighted by Crippen LogP contribution is 2.22. The molecule has 4 aromatic rings. The van der Waals surface area contributed by atoms with E-state index < -0.39 is 17.9 Å². The number of thioether (sulfide) groups is 1. The molecule has 0 aliphatic carbocycles. The van der Waals surface area contributed by atoms with Crippen molar-refractivity contribution in [3.63, 3.8) is 0 Å². The third kappa shape index (κ3) is 4.89. The molecule has 2 amide bonds. The number of H-pyrrole nitrogens is 1. The minimum absolute atomic E-state index is 0.227. The van der Waals surface area contributed by atoms with E-state index in [0.717, 1.165) is 10.5 Å². The third-order valence-electron chi connectivity index (χ3n) is 4.58. The highest BCUT2D eigenvalue weighted by molar-refractivity contribution is 7.99. The fourth-order valence-corrected chi connectivity index (χ4v) is 3.88. The van der Waals surface area contributed by atoms with E-state index in [1.54, 1.807) is 42.7 Å². The number of hydrogen-bond donors (Lipinski definition) is 3. The highest BCUT2D eigenvalue weighted by atomic mass is 32.2. The Balaban J connectivity index is 1.47. The van der Waals surface area contributed by atoms with Gasteiger partial charge in [0.05, 0.1) is 11.0 Å². The van der Waals surface area contributed by atoms with Crippen LogP contribution in [0.15, 0.2) is 71.9 Å². The lowest BCUT2D eigenvalue weighted by Crippen LogP contribution is -2.46. The summed E-state index contributed by atoms with van der Waals surface area (Å²) in [6, 6.07) is 13.7. The molecule has 0 aliphatic heterocycles. The monoisotopic (exact) mass is 435 g/mol. The molecule has 9 heteroatoms. The number of fused-ring (bicyclic) bond motifs is 1. The second-order valence-corrected chi connectivity index (χ2v) is 7.84. The number of nitrogens with two attached hydrogens (primary N) is 1. The number of primary amides is 1. The Morgan fingerprint density at radius 3 is 2.55 bits per heavy atom. The highest BCUT2D eigenvalue weighted by Gasteiger charge is 2.20. The fraction of sp³-hybridized carbons (Fsp3) is 0.0909. The summed E-state index contributed by atoms with van der Waals surface area (Å²) < 4.78 is 13.0. The standard InChI is InChI=1S/C22H18FN5O2S/c23-15-2-4-16(5-3-15)31-12-19(20(24)29)28-22(30)14-1-6-17-18(11-14)27-21(26-17)13-7-9-25-10-8-13/h1-11,19H,12H2,(H2,24,29)(H,26,27)(H,28,30)/t19-/m0/s1. The lowest BCUT2D eigenvalue weighted by Gasteiger charge is -2.15. The molecule has 0 bridgehead atoms. The maximum Gasteiger partial charge on any atom is 0.252 e. The van der Waals surface area contributed by atoms with E-state index in [1.807, 2.05) is 12.1 Å². The van der Waals surface area contributed by atoms with Crippen LogP contribution in [0.1, 0.15) is 10.4 Å². The largest absolute Gasteiger partial charge is 0.368 e. The van der Waals surface area contributed by atoms with Gasteiger partial charge in [0.15, 0.2) is 0 Å². The van der Waals surface area contributed by atoms with Crippen molar-refractivity contribution in [3.8, 4) is 11.4 Å². The van der Waals surface area contributed by atoms with Crippen LogP contribution in [0.25, 0.3) is 22.4 Å². The summed E-state index contributed by atoms with van der Waals surface area (Å²) in [6.07, 6.45) is 3.35. The summed E-state index contributed by atoms with van der Waals surface area (Å²) in [5, 5.41) is 2.67. The zero-order chi connectivity index (χ0) is 21.8. The Hall–Kier alpha value is -3.72. The molecular formula is C22H18FN5O2S. The second-order valence-electron chi connectivity index (χ2n) is 6.75. The predicted octanol–water partition coefficient (Wildman–Crippen LogP) is 3.14. The SMILES string of the molecule is NC(=O)[C@H](CSc1ccc(F)cc1)NC(=O)c1ccc2nc(-c3ccncc3)[nH]c2c1. The fourth-order valence-electron chi connectivity index (χ4n) is 2.94. The molecule has 2 heterocycles. The molecule has 0 saturated carbocycles. The average Bonchev–Trinajstić information content (AvgIpc) is 3.21. The van der Waals surface area contributed by atoms with Crippen LogP contribution in [0.2, 0.25) is 0 Å². The van der Waals surface area contributed by atoms with Crippen LogP contribution in [0.4, 0.5) is 4.39 Å². The van der Waals surface area contributed by atoms with Gasteiger partial charge >= 0.3 is 0 Å². The van der Waals surface area contributed by atoms with Crippen molar-refractivity contribution >= 4 is 34.6 Å². The first-order valence-electron chi connectivity index (χ1n) is 9.38. The molecule has 4 rings (SSSR count). The number of benzene rings is 2. The van der Waals surface area contributed by atoms with Crippen molar-refractivity contribution in [2.75, 3.05) is 5.75 Å². The predicted molar refractivity (Wildman–Crippen MR) is 117 cm³/mol. The van der Waals surface area contributed by atoms with Gasteiger partial charge in [0.2, 0.25) is 5.91 Å². The van der Waals surface area contributed by atoms with Gasteiger partial charge < -0.3 is 16.0 Å². The summed E-state index contributed by atoms with van der Waals surface area (Å²) in [6.45, 7) is 0. The minimum Gasteiger partial charge on any atom is -0.368 e. The van der Waals surface area contributed by atoms with Crippen LogP contribution in [0.3, 0.4) is 0 Å². The number of pyridine rings is 1. The molecule has 0 spiro atoms. The molecule has 4 N–H and O–H groups in total. The van der Waals surface area contributed by atoms with Gasteiger partial charge in [-0.05, 0) is 54.6 Å². The molecule has 0 aliphatic rings. The van der Waals surface area contributed by atoms with Crippen molar-refractivity contribution in [1.82, 2.24) is 20.3 Å². The lowest BCUT2D eigenvalue weighted by molar-refractivity contribution is -0.119. The van der Waals surface area contributed by atoms with E-state index >= 15 is 0 Å². The first-order chi connectivity index (χ1) is 15.0. The van der Waals surface area contributed by atoms with Gasteiger partial charge in [-0.3, -0.25) is 14.6 Å². The number of nitrogens with zero attached hydrogens (tertiary/aromatic N) is 2. The molecule has 31 heavy (non-hydrogen) atoms. The second kappa shape index (κ2) is 8.97. The van der Waals surface area contributed by atoms with Crippen LogP contribution in [-0.4, -0.2) is 38.6 Å². The van der Waals surface area contributed by atoms with Gasteiger partial charge in [0.1, 0.15) is 17.7 Å². The molecule has 7 nitrogen and oxygen atoms in total. The molecule has 0 fully saturated rings. The normalized spacial score (nSPS) is 11.9. The van der Waals surface area contributed by atoms with Crippen molar-refractivity contribution in [2.45, 2.75) is 10.9 Å². The number of halogens is 1. The van der Waals surface area contributed by atoms with E-state index in [0.29, 0.717) is 22.4 Å². The van der Waals surface area contributed by atoms with E-state index in [2.05, 4.69) is 20.3 Å². The topological polar surface area (TPSA) is 114 Å². The van der Waals surface area contributed by atoms with Gasteiger partial charge in [-0.2, -0.15) is 0 Å². The van der Waals surface area contributed by atoms with Crippen LogP contribution in [-0.2, 0) is 4.79 Å². The van der Waals surface area contributed by atoms with E-state index in [9.17, 15) is 14.0 Å². The molecule has 156 valence electrons. The minimum atomic E-state index is -0.882. The number of aromatic nitrogens is 3. The van der Waals surface area contributed by atoms with E-state index in [-0.39, 0.29) is 11.6 Å². The summed E-state index contributed by atoms with van der Waals surface area (Å²) in [4.78, 5) is 37.0. The Morgan fingerprint density at radius 1 is 1.10 bits per heavy atom. The number of nitrogens with one attached hydrogen (secondary N) is 2. The molecule has 1 atom stereocenters. The van der Waals surface area contributed by atoms with Crippen molar-refractivity contribution < 1.29 is 14.0 Å². The Bertz CT molecular complexity index is 1230. The first-order valence-corrected chi connectivity index (χ1v) is 10.4. The number of amides is 2. The number of hydrogen-bond acceptors (Lipinski definition) is 5. The number of carbonyl (C=O) groups is 2. The van der Waals surface area contributed by atoms with Crippen molar-refractivity contribution in [3.05, 3.63) is 78.4 Å². The maximum atomic E-state index is 13.0. The Labute approximate surface area is 181 Å². The Morgan fingerprint density at radius 2 is 1.84 bits per heavy atom. The van der Waals surface area contributed by atoms with Gasteiger partial charge in [-0.15, -0.1) is 11.8 Å². The molecule has 0 saturated heterocycles. The maximum absolute atomic E-state index is 13.0. The van der Waals surface area contributed by atoms with Gasteiger partial charge in [-0.25, -0.2) is 9.37 Å². The van der Waals surface area contributed by atoms with Crippen molar-refractivity contribution in [1.29, 1.82) is 0 Å². The number of imidazole rings is 1. The summed E-state index contributed by atoms with van der Waals surface area (Å²) >= 11 is 1.30. The van der Waals surface area contributed by atoms with E-state index in [1.165, 1.54) is 23.9 Å². The summed E-state index contributed by atoms with van der Waals surface area (Å²) in [5.74, 6) is -0.521.